The van der Waals surface area contributed by atoms with E-state index in [1.54, 1.807) is 17.8 Å². The zero-order chi connectivity index (χ0) is 16.4. The van der Waals surface area contributed by atoms with E-state index < -0.39 is 10.8 Å². The van der Waals surface area contributed by atoms with E-state index in [2.05, 4.69) is 15.5 Å². The highest BCUT2D eigenvalue weighted by atomic mass is 32.2. The molecule has 3 aromatic rings. The number of nitrogens with zero attached hydrogens (tertiary/aromatic N) is 2. The number of aromatic amines is 1. The molecule has 0 saturated heterocycles. The highest BCUT2D eigenvalue weighted by Crippen LogP contribution is 2.24. The maximum atomic E-state index is 12.4. The number of carbonyl (C=O) groups is 1. The van der Waals surface area contributed by atoms with Crippen molar-refractivity contribution in [1.29, 1.82) is 0 Å². The van der Waals surface area contributed by atoms with Crippen molar-refractivity contribution in [3.05, 3.63) is 58.3 Å². The molecule has 0 radical (unpaired) electrons. The summed E-state index contributed by atoms with van der Waals surface area (Å²) in [6, 6.07) is 11.6. The predicted molar refractivity (Wildman–Crippen MR) is 88.9 cm³/mol. The number of thioether (sulfide) groups is 1. The number of carbonyl (C=O) groups excluding carboxylic acids is 1. The Morgan fingerprint density at radius 2 is 2.13 bits per heavy atom. The highest BCUT2D eigenvalue weighted by molar-refractivity contribution is 7.98. The van der Waals surface area contributed by atoms with Gasteiger partial charge in [-0.05, 0) is 30.5 Å². The van der Waals surface area contributed by atoms with Crippen molar-refractivity contribution in [3.63, 3.8) is 0 Å². The Balaban J connectivity index is 1.94. The molecule has 23 heavy (non-hydrogen) atoms. The van der Waals surface area contributed by atoms with E-state index >= 15 is 0 Å². The minimum Gasteiger partial charge on any atom is -0.321 e. The maximum absolute atomic E-state index is 12.4. The van der Waals surface area contributed by atoms with Crippen LogP contribution in [0.2, 0.25) is 0 Å². The quantitative estimate of drug-likeness (QED) is 0.434. The predicted octanol–water partition coefficient (Wildman–Crippen LogP) is 3.45. The number of hydrogen-bond acceptors (Lipinski definition) is 5. The van der Waals surface area contributed by atoms with Crippen LogP contribution in [0.1, 0.15) is 10.5 Å². The summed E-state index contributed by atoms with van der Waals surface area (Å²) in [5, 5.41) is 20.7. The van der Waals surface area contributed by atoms with Gasteiger partial charge in [-0.15, -0.1) is 11.8 Å². The molecule has 7 nitrogen and oxygen atoms in total. The molecule has 1 amide bonds. The molecule has 0 fully saturated rings. The molecule has 0 aliphatic heterocycles. The molecule has 0 aliphatic rings. The second-order valence-electron chi connectivity index (χ2n) is 4.75. The first kappa shape index (κ1) is 15.0. The highest BCUT2D eigenvalue weighted by Gasteiger charge is 2.17. The number of H-pyrrole nitrogens is 1. The Hall–Kier alpha value is -2.87. The number of fused-ring (bicyclic) bond motifs is 1. The molecule has 1 heterocycles. The van der Waals surface area contributed by atoms with Crippen LogP contribution in [0.5, 0.6) is 0 Å². The van der Waals surface area contributed by atoms with Crippen LogP contribution in [0, 0.1) is 10.1 Å². The van der Waals surface area contributed by atoms with Gasteiger partial charge in [-0.2, -0.15) is 5.10 Å². The van der Waals surface area contributed by atoms with Crippen molar-refractivity contribution >= 4 is 39.9 Å². The number of aromatic nitrogens is 2. The number of amides is 1. The lowest BCUT2D eigenvalue weighted by Crippen LogP contribution is -2.12. The average Bonchev–Trinajstić information content (AvgIpc) is 2.98. The van der Waals surface area contributed by atoms with Crippen LogP contribution in [0.15, 0.2) is 47.4 Å². The fourth-order valence-corrected chi connectivity index (χ4v) is 2.64. The smallest absolute Gasteiger partial charge is 0.276 e. The molecule has 2 N–H and O–H groups in total. The van der Waals surface area contributed by atoms with Crippen LogP contribution < -0.4 is 5.32 Å². The maximum Gasteiger partial charge on any atom is 0.276 e. The van der Waals surface area contributed by atoms with Crippen LogP contribution in [0.4, 0.5) is 11.4 Å². The number of nitrogens with one attached hydrogen (secondary N) is 2. The number of anilines is 1. The van der Waals surface area contributed by atoms with Gasteiger partial charge in [0.25, 0.3) is 11.6 Å². The second kappa shape index (κ2) is 6.09. The van der Waals surface area contributed by atoms with E-state index in [1.165, 1.54) is 18.2 Å². The molecule has 0 atom stereocenters. The summed E-state index contributed by atoms with van der Waals surface area (Å²) < 4.78 is 0. The third-order valence-electron chi connectivity index (χ3n) is 3.30. The molecule has 0 spiro atoms. The summed E-state index contributed by atoms with van der Waals surface area (Å²) in [6.45, 7) is 0. The first-order valence-corrected chi connectivity index (χ1v) is 7.89. The largest absolute Gasteiger partial charge is 0.321 e. The summed E-state index contributed by atoms with van der Waals surface area (Å²) in [6.07, 6.45) is 1.95. The normalized spacial score (nSPS) is 10.7. The zero-order valence-corrected chi connectivity index (χ0v) is 12.9. The number of hydrogen-bond donors (Lipinski definition) is 2. The number of benzene rings is 2. The topological polar surface area (TPSA) is 101 Å². The Labute approximate surface area is 135 Å². The van der Waals surface area contributed by atoms with Crippen LogP contribution in [0.3, 0.4) is 0 Å². The van der Waals surface area contributed by atoms with E-state index in [1.807, 2.05) is 24.5 Å². The van der Waals surface area contributed by atoms with Gasteiger partial charge in [0.1, 0.15) is 0 Å². The number of nitro benzene ring substituents is 1. The van der Waals surface area contributed by atoms with Gasteiger partial charge in [-0.3, -0.25) is 20.0 Å². The minimum atomic E-state index is -0.504. The molecule has 2 aromatic carbocycles. The van der Waals surface area contributed by atoms with Gasteiger partial charge in [0.2, 0.25) is 0 Å². The third-order valence-corrected chi connectivity index (χ3v) is 4.03. The Morgan fingerprint density at radius 1 is 1.30 bits per heavy atom. The van der Waals surface area contributed by atoms with Gasteiger partial charge in [0, 0.05) is 28.1 Å². The van der Waals surface area contributed by atoms with E-state index in [-0.39, 0.29) is 11.4 Å². The number of rotatable bonds is 4. The monoisotopic (exact) mass is 328 g/mol. The van der Waals surface area contributed by atoms with Crippen LogP contribution in [-0.4, -0.2) is 27.3 Å². The van der Waals surface area contributed by atoms with Crippen LogP contribution in [-0.2, 0) is 0 Å². The molecule has 1 aromatic heterocycles. The van der Waals surface area contributed by atoms with Crippen molar-refractivity contribution in [1.82, 2.24) is 10.2 Å². The van der Waals surface area contributed by atoms with Gasteiger partial charge < -0.3 is 5.32 Å². The van der Waals surface area contributed by atoms with E-state index in [0.29, 0.717) is 16.6 Å². The van der Waals surface area contributed by atoms with Gasteiger partial charge in [0.05, 0.1) is 10.4 Å². The summed E-state index contributed by atoms with van der Waals surface area (Å²) in [5.74, 6) is -0.421. The fourth-order valence-electron chi connectivity index (χ4n) is 2.18. The standard InChI is InChI=1S/C15H12N4O3S/c1-23-11-4-2-3-9(7-11)16-15(20)14-12-8-10(19(21)22)5-6-13(12)17-18-14/h2-8H,1H3,(H,16,20)(H,17,18). The van der Waals surface area contributed by atoms with E-state index in [0.717, 1.165) is 4.90 Å². The lowest BCUT2D eigenvalue weighted by molar-refractivity contribution is -0.384. The summed E-state index contributed by atoms with van der Waals surface area (Å²) in [4.78, 5) is 23.8. The second-order valence-corrected chi connectivity index (χ2v) is 5.62. The molecule has 0 bridgehead atoms. The lowest BCUT2D eigenvalue weighted by Gasteiger charge is -2.05. The molecule has 8 heteroatoms. The molecular formula is C15H12N4O3S. The molecule has 0 unspecified atom stereocenters. The molecule has 0 saturated carbocycles. The fraction of sp³-hybridized carbons (Fsp3) is 0.0667. The molecule has 116 valence electrons. The van der Waals surface area contributed by atoms with E-state index in [4.69, 9.17) is 0 Å². The first-order valence-electron chi connectivity index (χ1n) is 6.66. The SMILES string of the molecule is CSc1cccc(NC(=O)c2n[nH]c3ccc([N+](=O)[O-])cc23)c1. The number of non-ortho nitro benzene ring substituents is 1. The molecule has 0 aliphatic carbocycles. The van der Waals surface area contributed by atoms with Crippen molar-refractivity contribution < 1.29 is 9.72 Å². The summed E-state index contributed by atoms with van der Waals surface area (Å²) >= 11 is 1.57. The van der Waals surface area contributed by atoms with Gasteiger partial charge in [-0.1, -0.05) is 6.07 Å². The van der Waals surface area contributed by atoms with Gasteiger partial charge in [-0.25, -0.2) is 0 Å². The van der Waals surface area contributed by atoms with Crippen molar-refractivity contribution in [3.8, 4) is 0 Å². The van der Waals surface area contributed by atoms with Gasteiger partial charge >= 0.3 is 0 Å². The summed E-state index contributed by atoms with van der Waals surface area (Å²) in [5.41, 5.74) is 1.25. The molecular weight excluding hydrogens is 316 g/mol. The van der Waals surface area contributed by atoms with Crippen LogP contribution >= 0.6 is 11.8 Å². The van der Waals surface area contributed by atoms with Crippen molar-refractivity contribution in [2.75, 3.05) is 11.6 Å². The molecule has 3 rings (SSSR count). The Bertz CT molecular complexity index is 907. The Kier molecular flexibility index (Phi) is 3.98. The van der Waals surface area contributed by atoms with E-state index in [9.17, 15) is 14.9 Å². The Morgan fingerprint density at radius 3 is 2.87 bits per heavy atom. The number of nitro groups is 1. The first-order chi connectivity index (χ1) is 11.1. The average molecular weight is 328 g/mol. The van der Waals surface area contributed by atoms with Crippen molar-refractivity contribution in [2.45, 2.75) is 4.90 Å². The van der Waals surface area contributed by atoms with Gasteiger partial charge in [0.15, 0.2) is 5.69 Å². The zero-order valence-electron chi connectivity index (χ0n) is 12.1. The third kappa shape index (κ3) is 3.02. The lowest BCUT2D eigenvalue weighted by atomic mass is 10.2. The van der Waals surface area contributed by atoms with Crippen LogP contribution in [0.25, 0.3) is 10.9 Å². The van der Waals surface area contributed by atoms with Crippen molar-refractivity contribution in [2.24, 2.45) is 0 Å². The minimum absolute atomic E-state index is 0.0858. The summed E-state index contributed by atoms with van der Waals surface area (Å²) in [7, 11) is 0.